The average Bonchev–Trinajstić information content (AvgIpc) is 2.74. The lowest BCUT2D eigenvalue weighted by Gasteiger charge is -2.71. The van der Waals surface area contributed by atoms with E-state index in [0.717, 1.165) is 44.9 Å². The summed E-state index contributed by atoms with van der Waals surface area (Å²) in [4.78, 5) is 12.7. The molecule has 0 aromatic carbocycles. The maximum absolute atomic E-state index is 12.7. The fourth-order valence-corrected chi connectivity index (χ4v) is 10.8. The van der Waals surface area contributed by atoms with Crippen LogP contribution in [0.3, 0.4) is 0 Å². The first kappa shape index (κ1) is 23.9. The molecular weight excluding hydrogens is 408 g/mol. The summed E-state index contributed by atoms with van der Waals surface area (Å²) in [7, 11) is 0. The molecule has 0 heterocycles. The number of carboxylic acids is 1. The van der Waals surface area contributed by atoms with Crippen LogP contribution in [-0.4, -0.2) is 17.2 Å². The molecular formula is C30H47O3-. The molecule has 0 aliphatic heterocycles. The first-order valence-corrected chi connectivity index (χ1v) is 13.9. The van der Waals surface area contributed by atoms with Gasteiger partial charge in [0.05, 0.1) is 6.10 Å². The van der Waals surface area contributed by atoms with Crippen LogP contribution in [0.15, 0.2) is 11.6 Å². The number of aliphatic hydroxyl groups is 1. The Morgan fingerprint density at radius 1 is 0.939 bits per heavy atom. The van der Waals surface area contributed by atoms with E-state index >= 15 is 0 Å². The van der Waals surface area contributed by atoms with Gasteiger partial charge in [-0.3, -0.25) is 0 Å². The van der Waals surface area contributed by atoms with Crippen LogP contribution in [0.5, 0.6) is 0 Å². The molecule has 0 aromatic heterocycles. The van der Waals surface area contributed by atoms with Gasteiger partial charge in [0.2, 0.25) is 0 Å². The third-order valence-corrected chi connectivity index (χ3v) is 13.4. The van der Waals surface area contributed by atoms with E-state index in [1.54, 1.807) is 0 Å². The van der Waals surface area contributed by atoms with Crippen LogP contribution in [0.4, 0.5) is 0 Å². The summed E-state index contributed by atoms with van der Waals surface area (Å²) in [5.74, 6) is 1.42. The van der Waals surface area contributed by atoms with E-state index in [1.165, 1.54) is 18.4 Å². The van der Waals surface area contributed by atoms with Crippen molar-refractivity contribution in [2.24, 2.45) is 56.7 Å². The number of aliphatic hydroxyl groups excluding tert-OH is 1. The standard InChI is InChI=1S/C30H48O3/c1-18-10-15-30(25(32)33)17-16-28(6)20(24(30)19(18)2)8-9-22-27(5)13-12-23(31)26(3,4)21(27)11-14-29(22,28)7/h8,18-19,21-24,31H,9-17H2,1-7H3,(H,32,33)/p-1/t18-,19+,21?,22?,23+,24+,27+,28-,29-,30+/m1/s1. The van der Waals surface area contributed by atoms with Crippen LogP contribution in [0.2, 0.25) is 0 Å². The van der Waals surface area contributed by atoms with Gasteiger partial charge in [-0.05, 0) is 109 Å². The van der Waals surface area contributed by atoms with Gasteiger partial charge in [-0.1, -0.05) is 60.1 Å². The molecule has 2 unspecified atom stereocenters. The monoisotopic (exact) mass is 455 g/mol. The zero-order valence-electron chi connectivity index (χ0n) is 22.2. The Labute approximate surface area is 201 Å². The summed E-state index contributed by atoms with van der Waals surface area (Å²) in [5, 5.41) is 23.6. The Morgan fingerprint density at radius 3 is 2.30 bits per heavy atom. The average molecular weight is 456 g/mol. The second-order valence-electron chi connectivity index (χ2n) is 14.5. The van der Waals surface area contributed by atoms with Crippen LogP contribution in [0.25, 0.3) is 0 Å². The Bertz CT molecular complexity index is 874. The second-order valence-corrected chi connectivity index (χ2v) is 14.5. The fourth-order valence-electron chi connectivity index (χ4n) is 10.8. The van der Waals surface area contributed by atoms with Crippen LogP contribution < -0.4 is 5.11 Å². The minimum absolute atomic E-state index is 0.0385. The highest BCUT2D eigenvalue weighted by atomic mass is 16.4. The van der Waals surface area contributed by atoms with E-state index in [2.05, 4.69) is 54.5 Å². The normalized spacial score (nSPS) is 55.3. The molecule has 33 heavy (non-hydrogen) atoms. The Kier molecular flexibility index (Phi) is 5.15. The highest BCUT2D eigenvalue weighted by Crippen LogP contribution is 2.75. The molecule has 4 fully saturated rings. The number of hydrogen-bond donors (Lipinski definition) is 1. The highest BCUT2D eigenvalue weighted by Gasteiger charge is 2.68. The zero-order chi connectivity index (χ0) is 24.2. The van der Waals surface area contributed by atoms with Crippen molar-refractivity contribution < 1.29 is 15.0 Å². The van der Waals surface area contributed by atoms with Crippen molar-refractivity contribution in [3.8, 4) is 0 Å². The third-order valence-electron chi connectivity index (χ3n) is 13.4. The van der Waals surface area contributed by atoms with Gasteiger partial charge in [0.25, 0.3) is 0 Å². The molecule has 5 aliphatic rings. The summed E-state index contributed by atoms with van der Waals surface area (Å²) in [6.45, 7) is 16.8. The Balaban J connectivity index is 1.61. The minimum atomic E-state index is -0.792. The molecule has 0 spiro atoms. The number of rotatable bonds is 1. The molecule has 0 radical (unpaired) electrons. The highest BCUT2D eigenvalue weighted by molar-refractivity contribution is 5.74. The van der Waals surface area contributed by atoms with Crippen molar-refractivity contribution in [1.29, 1.82) is 0 Å². The van der Waals surface area contributed by atoms with Crippen LogP contribution >= 0.6 is 0 Å². The first-order valence-electron chi connectivity index (χ1n) is 13.9. The lowest BCUT2D eigenvalue weighted by molar-refractivity contribution is -0.327. The summed E-state index contributed by atoms with van der Waals surface area (Å²) in [6, 6.07) is 0. The van der Waals surface area contributed by atoms with Crippen molar-refractivity contribution in [1.82, 2.24) is 0 Å². The molecule has 186 valence electrons. The van der Waals surface area contributed by atoms with E-state index in [0.29, 0.717) is 23.7 Å². The minimum Gasteiger partial charge on any atom is -0.550 e. The molecule has 1 N–H and O–H groups in total. The van der Waals surface area contributed by atoms with Gasteiger partial charge in [-0.25, -0.2) is 0 Å². The van der Waals surface area contributed by atoms with E-state index in [-0.39, 0.29) is 33.7 Å². The number of carboxylic acid groups (broad SMARTS) is 1. The fraction of sp³-hybridized carbons (Fsp3) is 0.900. The topological polar surface area (TPSA) is 60.4 Å². The predicted molar refractivity (Wildman–Crippen MR) is 130 cm³/mol. The number of allylic oxidation sites excluding steroid dienone is 2. The number of carbonyl (C=O) groups is 1. The summed E-state index contributed by atoms with van der Waals surface area (Å²) >= 11 is 0. The first-order chi connectivity index (χ1) is 15.3. The van der Waals surface area contributed by atoms with Gasteiger partial charge in [0.15, 0.2) is 0 Å². The number of carbonyl (C=O) groups excluding carboxylic acids is 1. The lowest BCUT2D eigenvalue weighted by Crippen LogP contribution is -2.66. The van der Waals surface area contributed by atoms with Gasteiger partial charge in [-0.2, -0.15) is 0 Å². The maximum atomic E-state index is 12.7. The molecule has 0 saturated heterocycles. The van der Waals surface area contributed by atoms with Crippen LogP contribution in [0.1, 0.15) is 106 Å². The van der Waals surface area contributed by atoms with E-state index in [9.17, 15) is 15.0 Å². The maximum Gasteiger partial charge on any atom is 0.0594 e. The molecule has 0 bridgehead atoms. The van der Waals surface area contributed by atoms with Crippen molar-refractivity contribution in [3.63, 3.8) is 0 Å². The van der Waals surface area contributed by atoms with Gasteiger partial charge < -0.3 is 15.0 Å². The lowest BCUT2D eigenvalue weighted by atomic mass is 9.33. The summed E-state index contributed by atoms with van der Waals surface area (Å²) in [5.41, 5.74) is 1.24. The van der Waals surface area contributed by atoms with Crippen LogP contribution in [-0.2, 0) is 4.79 Å². The summed E-state index contributed by atoms with van der Waals surface area (Å²) in [6.07, 6.45) is 11.3. The predicted octanol–water partition coefficient (Wildman–Crippen LogP) is 5.75. The van der Waals surface area contributed by atoms with Gasteiger partial charge in [-0.15, -0.1) is 0 Å². The van der Waals surface area contributed by atoms with Gasteiger partial charge in [0, 0.05) is 11.4 Å². The second kappa shape index (κ2) is 7.11. The summed E-state index contributed by atoms with van der Waals surface area (Å²) < 4.78 is 0. The van der Waals surface area contributed by atoms with Crippen LogP contribution in [0, 0.1) is 56.7 Å². The molecule has 3 nitrogen and oxygen atoms in total. The van der Waals surface area contributed by atoms with Crippen molar-refractivity contribution in [2.75, 3.05) is 0 Å². The van der Waals surface area contributed by atoms with Crippen molar-refractivity contribution in [3.05, 3.63) is 11.6 Å². The zero-order valence-corrected chi connectivity index (χ0v) is 22.2. The molecule has 3 heteroatoms. The number of aliphatic carboxylic acids is 1. The molecule has 5 rings (SSSR count). The number of hydrogen-bond acceptors (Lipinski definition) is 3. The van der Waals surface area contributed by atoms with Gasteiger partial charge >= 0.3 is 0 Å². The molecule has 4 saturated carbocycles. The quantitative estimate of drug-likeness (QED) is 0.512. The van der Waals surface area contributed by atoms with E-state index in [1.807, 2.05) is 0 Å². The van der Waals surface area contributed by atoms with Crippen molar-refractivity contribution in [2.45, 2.75) is 112 Å². The number of fused-ring (bicyclic) bond motifs is 7. The molecule has 10 atom stereocenters. The third kappa shape index (κ3) is 2.75. The van der Waals surface area contributed by atoms with E-state index in [4.69, 9.17) is 0 Å². The molecule has 0 amide bonds. The van der Waals surface area contributed by atoms with E-state index < -0.39 is 11.4 Å². The molecule has 0 aromatic rings. The van der Waals surface area contributed by atoms with Crippen molar-refractivity contribution >= 4 is 5.97 Å². The molecule has 5 aliphatic carbocycles. The Hall–Kier alpha value is -0.830. The smallest absolute Gasteiger partial charge is 0.0594 e. The Morgan fingerprint density at radius 2 is 1.64 bits per heavy atom. The van der Waals surface area contributed by atoms with Gasteiger partial charge in [0.1, 0.15) is 0 Å². The largest absolute Gasteiger partial charge is 0.550 e. The SMILES string of the molecule is C[C@H]1[C@H](C)CC[C@]2(C(=O)[O-])CC[C@]3(C)C(=CCC4[C@@]5(C)CC[C@H](O)C(C)(C)C5CC[C@]43C)[C@H]12.